The van der Waals surface area contributed by atoms with Crippen LogP contribution in [0, 0.1) is 12.3 Å². The van der Waals surface area contributed by atoms with Gasteiger partial charge in [-0.1, -0.05) is 13.8 Å². The van der Waals surface area contributed by atoms with Gasteiger partial charge in [-0.25, -0.2) is 0 Å². The van der Waals surface area contributed by atoms with Crippen LogP contribution in [0.25, 0.3) is 0 Å². The van der Waals surface area contributed by atoms with Gasteiger partial charge in [-0.2, -0.15) is 0 Å². The lowest BCUT2D eigenvalue weighted by molar-refractivity contribution is 0.208. The quantitative estimate of drug-likeness (QED) is 0.838. The molecule has 4 nitrogen and oxygen atoms in total. The van der Waals surface area contributed by atoms with Crippen molar-refractivity contribution in [3.8, 4) is 5.75 Å². The summed E-state index contributed by atoms with van der Waals surface area (Å²) in [6.45, 7) is 8.77. The zero-order valence-electron chi connectivity index (χ0n) is 12.2. The Hall–Kier alpha value is -1.13. The molecule has 0 saturated heterocycles. The Kier molecular flexibility index (Phi) is 5.11. The van der Waals surface area contributed by atoms with Crippen LogP contribution in [0.5, 0.6) is 5.75 Å². The number of pyridine rings is 1. The molecule has 0 atom stereocenters. The van der Waals surface area contributed by atoms with E-state index in [1.165, 1.54) is 0 Å². The van der Waals surface area contributed by atoms with E-state index in [4.69, 9.17) is 10.5 Å². The molecule has 102 valence electrons. The summed E-state index contributed by atoms with van der Waals surface area (Å²) >= 11 is 0. The van der Waals surface area contributed by atoms with E-state index in [2.05, 4.69) is 30.8 Å². The van der Waals surface area contributed by atoms with Crippen LogP contribution in [0.15, 0.2) is 12.1 Å². The Morgan fingerprint density at radius 2 is 2.06 bits per heavy atom. The molecule has 0 bridgehead atoms. The lowest BCUT2D eigenvalue weighted by Crippen LogP contribution is -2.36. The fourth-order valence-electron chi connectivity index (χ4n) is 2.03. The van der Waals surface area contributed by atoms with E-state index in [0.29, 0.717) is 6.54 Å². The van der Waals surface area contributed by atoms with Crippen LogP contribution < -0.4 is 10.5 Å². The minimum Gasteiger partial charge on any atom is -0.497 e. The standard InChI is InChI=1S/C14H25N3O/c1-11-6-13(18-5)7-12(16-11)8-17(4)10-14(2,3)9-15/h6-7H,8-10,15H2,1-5H3. The molecule has 1 aromatic rings. The molecule has 0 aliphatic heterocycles. The SMILES string of the molecule is COc1cc(C)nc(CN(C)CC(C)(C)CN)c1. The van der Waals surface area contributed by atoms with E-state index < -0.39 is 0 Å². The zero-order valence-corrected chi connectivity index (χ0v) is 12.2. The normalized spacial score (nSPS) is 11.9. The summed E-state index contributed by atoms with van der Waals surface area (Å²) < 4.78 is 5.26. The molecule has 0 fully saturated rings. The van der Waals surface area contributed by atoms with Crippen molar-refractivity contribution in [2.75, 3.05) is 27.2 Å². The van der Waals surface area contributed by atoms with E-state index in [-0.39, 0.29) is 5.41 Å². The summed E-state index contributed by atoms with van der Waals surface area (Å²) in [6, 6.07) is 3.92. The Morgan fingerprint density at radius 1 is 1.39 bits per heavy atom. The number of aryl methyl sites for hydroxylation is 1. The average molecular weight is 251 g/mol. The molecule has 0 aliphatic carbocycles. The van der Waals surface area contributed by atoms with Crippen molar-refractivity contribution in [2.24, 2.45) is 11.1 Å². The average Bonchev–Trinajstić information content (AvgIpc) is 2.27. The first-order valence-electron chi connectivity index (χ1n) is 6.26. The van der Waals surface area contributed by atoms with Crippen LogP contribution in [0.4, 0.5) is 0 Å². The maximum absolute atomic E-state index is 5.76. The summed E-state index contributed by atoms with van der Waals surface area (Å²) in [7, 11) is 3.77. The molecule has 0 aliphatic rings. The molecule has 1 heterocycles. The maximum atomic E-state index is 5.76. The fraction of sp³-hybridized carbons (Fsp3) is 0.643. The molecular formula is C14H25N3O. The highest BCUT2D eigenvalue weighted by Crippen LogP contribution is 2.17. The van der Waals surface area contributed by atoms with Gasteiger partial charge in [0.1, 0.15) is 5.75 Å². The summed E-state index contributed by atoms with van der Waals surface area (Å²) in [6.07, 6.45) is 0. The van der Waals surface area contributed by atoms with Gasteiger partial charge >= 0.3 is 0 Å². The molecule has 0 unspecified atom stereocenters. The number of rotatable bonds is 6. The summed E-state index contributed by atoms with van der Waals surface area (Å²) in [5, 5.41) is 0. The first-order valence-corrected chi connectivity index (χ1v) is 6.26. The van der Waals surface area contributed by atoms with E-state index in [0.717, 1.165) is 30.2 Å². The molecule has 0 amide bonds. The number of nitrogens with zero attached hydrogens (tertiary/aromatic N) is 2. The Bertz CT molecular complexity index is 391. The lowest BCUT2D eigenvalue weighted by Gasteiger charge is -2.28. The zero-order chi connectivity index (χ0) is 13.8. The number of ether oxygens (including phenoxy) is 1. The second-order valence-corrected chi connectivity index (χ2v) is 5.68. The summed E-state index contributed by atoms with van der Waals surface area (Å²) in [5.41, 5.74) is 7.90. The van der Waals surface area contributed by atoms with Gasteiger partial charge in [0.05, 0.1) is 12.8 Å². The van der Waals surface area contributed by atoms with Gasteiger partial charge in [-0.3, -0.25) is 9.88 Å². The van der Waals surface area contributed by atoms with Crippen LogP contribution in [-0.2, 0) is 6.54 Å². The van der Waals surface area contributed by atoms with Gasteiger partial charge in [-0.05, 0) is 25.9 Å². The molecular weight excluding hydrogens is 226 g/mol. The smallest absolute Gasteiger partial charge is 0.122 e. The van der Waals surface area contributed by atoms with Crippen molar-refractivity contribution in [3.63, 3.8) is 0 Å². The third-order valence-electron chi connectivity index (χ3n) is 2.90. The minimum absolute atomic E-state index is 0.128. The van der Waals surface area contributed by atoms with Crippen LogP contribution in [-0.4, -0.2) is 37.1 Å². The first-order chi connectivity index (χ1) is 8.36. The number of aromatic nitrogens is 1. The molecule has 18 heavy (non-hydrogen) atoms. The predicted molar refractivity (Wildman–Crippen MR) is 74.7 cm³/mol. The van der Waals surface area contributed by atoms with Gasteiger partial charge in [0.2, 0.25) is 0 Å². The highest BCUT2D eigenvalue weighted by molar-refractivity contribution is 5.26. The summed E-state index contributed by atoms with van der Waals surface area (Å²) in [5.74, 6) is 0.865. The Morgan fingerprint density at radius 3 is 2.61 bits per heavy atom. The molecule has 1 rings (SSSR count). The first kappa shape index (κ1) is 14.9. The Labute approximate surface area is 110 Å². The van der Waals surface area contributed by atoms with Gasteiger partial charge < -0.3 is 10.5 Å². The predicted octanol–water partition coefficient (Wildman–Crippen LogP) is 1.82. The largest absolute Gasteiger partial charge is 0.497 e. The van der Waals surface area contributed by atoms with Crippen LogP contribution in [0.3, 0.4) is 0 Å². The van der Waals surface area contributed by atoms with E-state index >= 15 is 0 Å². The molecule has 0 aromatic carbocycles. The van der Waals surface area contributed by atoms with Crippen molar-refractivity contribution in [1.29, 1.82) is 0 Å². The number of nitrogens with two attached hydrogens (primary N) is 1. The second kappa shape index (κ2) is 6.16. The highest BCUT2D eigenvalue weighted by atomic mass is 16.5. The topological polar surface area (TPSA) is 51.4 Å². The van der Waals surface area contributed by atoms with E-state index in [1.54, 1.807) is 7.11 Å². The van der Waals surface area contributed by atoms with Gasteiger partial charge in [0, 0.05) is 30.9 Å². The van der Waals surface area contributed by atoms with E-state index in [1.807, 2.05) is 19.1 Å². The fourth-order valence-corrected chi connectivity index (χ4v) is 2.03. The molecule has 0 radical (unpaired) electrons. The molecule has 4 heteroatoms. The number of hydrogen-bond acceptors (Lipinski definition) is 4. The molecule has 0 spiro atoms. The third-order valence-corrected chi connectivity index (χ3v) is 2.90. The van der Waals surface area contributed by atoms with E-state index in [9.17, 15) is 0 Å². The van der Waals surface area contributed by atoms with Crippen molar-refractivity contribution in [3.05, 3.63) is 23.5 Å². The van der Waals surface area contributed by atoms with Crippen LogP contribution >= 0.6 is 0 Å². The van der Waals surface area contributed by atoms with Gasteiger partial charge in [0.15, 0.2) is 0 Å². The maximum Gasteiger partial charge on any atom is 0.122 e. The van der Waals surface area contributed by atoms with Crippen LogP contribution in [0.1, 0.15) is 25.2 Å². The molecule has 2 N–H and O–H groups in total. The van der Waals surface area contributed by atoms with Crippen molar-refractivity contribution in [2.45, 2.75) is 27.3 Å². The van der Waals surface area contributed by atoms with Crippen molar-refractivity contribution < 1.29 is 4.74 Å². The molecule has 1 aromatic heterocycles. The number of hydrogen-bond donors (Lipinski definition) is 1. The Balaban J connectivity index is 2.69. The molecule has 0 saturated carbocycles. The van der Waals surface area contributed by atoms with Crippen molar-refractivity contribution >= 4 is 0 Å². The minimum atomic E-state index is 0.128. The second-order valence-electron chi connectivity index (χ2n) is 5.68. The lowest BCUT2D eigenvalue weighted by atomic mass is 9.93. The van der Waals surface area contributed by atoms with Crippen LogP contribution in [0.2, 0.25) is 0 Å². The monoisotopic (exact) mass is 251 g/mol. The third kappa shape index (κ3) is 4.63. The van der Waals surface area contributed by atoms with Crippen molar-refractivity contribution in [1.82, 2.24) is 9.88 Å². The van der Waals surface area contributed by atoms with Gasteiger partial charge in [-0.15, -0.1) is 0 Å². The highest BCUT2D eigenvalue weighted by Gasteiger charge is 2.18. The van der Waals surface area contributed by atoms with Gasteiger partial charge in [0.25, 0.3) is 0 Å². The number of methoxy groups -OCH3 is 1. The summed E-state index contributed by atoms with van der Waals surface area (Å²) in [4.78, 5) is 6.77.